The van der Waals surface area contributed by atoms with Crippen LogP contribution in [-0.4, -0.2) is 38.3 Å². The van der Waals surface area contributed by atoms with Crippen LogP contribution in [-0.2, 0) is 20.6 Å². The van der Waals surface area contributed by atoms with E-state index in [1.54, 1.807) is 24.3 Å². The maximum absolute atomic E-state index is 12.8. The van der Waals surface area contributed by atoms with Gasteiger partial charge in [0, 0.05) is 13.1 Å². The number of amides is 1. The predicted molar refractivity (Wildman–Crippen MR) is 110 cm³/mol. The lowest BCUT2D eigenvalue weighted by Crippen LogP contribution is -2.44. The fourth-order valence-electron chi connectivity index (χ4n) is 3.37. The highest BCUT2D eigenvalue weighted by Crippen LogP contribution is 2.27. The van der Waals surface area contributed by atoms with E-state index in [0.717, 1.165) is 5.56 Å². The molecule has 0 aliphatic carbocycles. The number of carbonyl (C=O) groups is 1. The van der Waals surface area contributed by atoms with Gasteiger partial charge in [-0.25, -0.2) is 12.7 Å². The average molecular weight is 403 g/mol. The molecule has 0 radical (unpaired) electrons. The molecule has 0 unspecified atom stereocenters. The summed E-state index contributed by atoms with van der Waals surface area (Å²) >= 11 is 0. The fraction of sp³-hybridized carbons (Fsp3) is 0.381. The summed E-state index contributed by atoms with van der Waals surface area (Å²) < 4.78 is 32.6. The van der Waals surface area contributed by atoms with Crippen molar-refractivity contribution in [1.29, 1.82) is 0 Å². The molecule has 28 heavy (non-hydrogen) atoms. The SMILES string of the molecule is CCOc1ccccc1NC(=O)[C@@H]1CCCN(S(=O)(=O)Cc2ccccc2)C1. The summed E-state index contributed by atoms with van der Waals surface area (Å²) in [5.41, 5.74) is 1.36. The Morgan fingerprint density at radius 3 is 2.61 bits per heavy atom. The molecular formula is C21H26N2O4S. The Balaban J connectivity index is 1.67. The highest BCUT2D eigenvalue weighted by atomic mass is 32.2. The van der Waals surface area contributed by atoms with Gasteiger partial charge in [-0.3, -0.25) is 4.79 Å². The quantitative estimate of drug-likeness (QED) is 0.771. The molecule has 1 aliphatic heterocycles. The van der Waals surface area contributed by atoms with Gasteiger partial charge in [-0.1, -0.05) is 42.5 Å². The van der Waals surface area contributed by atoms with Gasteiger partial charge in [-0.15, -0.1) is 0 Å². The van der Waals surface area contributed by atoms with E-state index in [2.05, 4.69) is 5.32 Å². The third-order valence-corrected chi connectivity index (χ3v) is 6.60. The number of hydrogen-bond donors (Lipinski definition) is 1. The first-order chi connectivity index (χ1) is 13.5. The Morgan fingerprint density at radius 2 is 1.86 bits per heavy atom. The van der Waals surface area contributed by atoms with Crippen LogP contribution < -0.4 is 10.1 Å². The van der Waals surface area contributed by atoms with E-state index < -0.39 is 10.0 Å². The lowest BCUT2D eigenvalue weighted by molar-refractivity contribution is -0.120. The molecule has 1 aliphatic rings. The average Bonchev–Trinajstić information content (AvgIpc) is 2.70. The number of para-hydroxylation sites is 2. The Morgan fingerprint density at radius 1 is 1.14 bits per heavy atom. The molecule has 1 fully saturated rings. The second kappa shape index (κ2) is 9.21. The Bertz CT molecular complexity index is 900. The molecule has 3 rings (SSSR count). The first-order valence-corrected chi connectivity index (χ1v) is 11.1. The second-order valence-corrected chi connectivity index (χ2v) is 8.83. The molecule has 0 bridgehead atoms. The van der Waals surface area contributed by atoms with E-state index in [9.17, 15) is 13.2 Å². The molecule has 7 heteroatoms. The van der Waals surface area contributed by atoms with Gasteiger partial charge in [-0.2, -0.15) is 0 Å². The zero-order valence-corrected chi connectivity index (χ0v) is 16.8. The molecule has 1 saturated heterocycles. The highest BCUT2D eigenvalue weighted by Gasteiger charge is 2.32. The molecule has 0 spiro atoms. The molecule has 2 aromatic rings. The number of rotatable bonds is 7. The summed E-state index contributed by atoms with van der Waals surface area (Å²) in [4.78, 5) is 12.8. The van der Waals surface area contributed by atoms with Gasteiger partial charge in [-0.05, 0) is 37.5 Å². The Labute approximate surface area is 166 Å². The summed E-state index contributed by atoms with van der Waals surface area (Å²) in [5, 5.41) is 2.90. The van der Waals surface area contributed by atoms with Crippen molar-refractivity contribution in [2.24, 2.45) is 5.92 Å². The van der Waals surface area contributed by atoms with Crippen LogP contribution in [0.4, 0.5) is 5.69 Å². The van der Waals surface area contributed by atoms with Gasteiger partial charge in [0.05, 0.1) is 24.0 Å². The topological polar surface area (TPSA) is 75.7 Å². The largest absolute Gasteiger partial charge is 0.492 e. The minimum absolute atomic E-state index is 0.0463. The zero-order chi connectivity index (χ0) is 20.0. The highest BCUT2D eigenvalue weighted by molar-refractivity contribution is 7.88. The van der Waals surface area contributed by atoms with Crippen LogP contribution >= 0.6 is 0 Å². The van der Waals surface area contributed by atoms with Crippen molar-refractivity contribution in [2.45, 2.75) is 25.5 Å². The van der Waals surface area contributed by atoms with E-state index in [4.69, 9.17) is 4.74 Å². The van der Waals surface area contributed by atoms with Crippen LogP contribution in [0.25, 0.3) is 0 Å². The van der Waals surface area contributed by atoms with Crippen molar-refractivity contribution in [3.63, 3.8) is 0 Å². The number of sulfonamides is 1. The van der Waals surface area contributed by atoms with E-state index in [0.29, 0.717) is 37.4 Å². The van der Waals surface area contributed by atoms with Crippen molar-refractivity contribution in [3.05, 3.63) is 60.2 Å². The molecule has 1 heterocycles. The molecule has 6 nitrogen and oxygen atoms in total. The maximum atomic E-state index is 12.8. The van der Waals surface area contributed by atoms with E-state index in [1.807, 2.05) is 37.3 Å². The summed E-state index contributed by atoms with van der Waals surface area (Å²) in [5.74, 6) is 0.0125. The molecular weight excluding hydrogens is 376 g/mol. The zero-order valence-electron chi connectivity index (χ0n) is 16.0. The number of piperidine rings is 1. The number of nitrogens with one attached hydrogen (secondary N) is 1. The van der Waals surface area contributed by atoms with E-state index in [-0.39, 0.29) is 24.1 Å². The minimum atomic E-state index is -3.46. The summed E-state index contributed by atoms with van der Waals surface area (Å²) in [6.07, 6.45) is 1.33. The predicted octanol–water partition coefficient (Wildman–Crippen LogP) is 3.27. The van der Waals surface area contributed by atoms with Crippen LogP contribution in [0, 0.1) is 5.92 Å². The smallest absolute Gasteiger partial charge is 0.228 e. The molecule has 1 amide bonds. The van der Waals surface area contributed by atoms with Crippen molar-refractivity contribution in [3.8, 4) is 5.75 Å². The number of hydrogen-bond acceptors (Lipinski definition) is 4. The Kier molecular flexibility index (Phi) is 6.70. The number of anilines is 1. The van der Waals surface area contributed by atoms with Crippen molar-refractivity contribution in [1.82, 2.24) is 4.31 Å². The molecule has 0 aromatic heterocycles. The van der Waals surface area contributed by atoms with Gasteiger partial charge >= 0.3 is 0 Å². The second-order valence-electron chi connectivity index (χ2n) is 6.86. The number of ether oxygens (including phenoxy) is 1. The lowest BCUT2D eigenvalue weighted by atomic mass is 9.98. The molecule has 0 saturated carbocycles. The summed E-state index contributed by atoms with van der Waals surface area (Å²) in [7, 11) is -3.46. The first kappa shape index (κ1) is 20.4. The molecule has 1 atom stereocenters. The van der Waals surface area contributed by atoms with Crippen LogP contribution in [0.3, 0.4) is 0 Å². The maximum Gasteiger partial charge on any atom is 0.228 e. The normalized spacial score (nSPS) is 17.8. The third kappa shape index (κ3) is 5.11. The van der Waals surface area contributed by atoms with Crippen LogP contribution in [0.5, 0.6) is 5.75 Å². The van der Waals surface area contributed by atoms with Gasteiger partial charge in [0.1, 0.15) is 5.75 Å². The standard InChI is InChI=1S/C21H26N2O4S/c1-2-27-20-13-7-6-12-19(20)22-21(24)18-11-8-14-23(15-18)28(25,26)16-17-9-4-3-5-10-17/h3-7,9-10,12-13,18H,2,8,11,14-16H2,1H3,(H,22,24)/t18-/m1/s1. The van der Waals surface area contributed by atoms with Gasteiger partial charge in [0.25, 0.3) is 0 Å². The molecule has 2 aromatic carbocycles. The van der Waals surface area contributed by atoms with E-state index in [1.165, 1.54) is 4.31 Å². The molecule has 1 N–H and O–H groups in total. The Hall–Kier alpha value is -2.38. The van der Waals surface area contributed by atoms with Crippen molar-refractivity contribution in [2.75, 3.05) is 25.0 Å². The lowest BCUT2D eigenvalue weighted by Gasteiger charge is -2.31. The van der Waals surface area contributed by atoms with Crippen LogP contribution in [0.1, 0.15) is 25.3 Å². The fourth-order valence-corrected chi connectivity index (χ4v) is 4.98. The monoisotopic (exact) mass is 402 g/mol. The van der Waals surface area contributed by atoms with Gasteiger partial charge in [0.15, 0.2) is 0 Å². The van der Waals surface area contributed by atoms with Crippen molar-refractivity contribution >= 4 is 21.6 Å². The number of carbonyl (C=O) groups excluding carboxylic acids is 1. The first-order valence-electron chi connectivity index (χ1n) is 9.54. The minimum Gasteiger partial charge on any atom is -0.492 e. The van der Waals surface area contributed by atoms with Gasteiger partial charge < -0.3 is 10.1 Å². The van der Waals surface area contributed by atoms with Crippen molar-refractivity contribution < 1.29 is 17.9 Å². The van der Waals surface area contributed by atoms with Crippen LogP contribution in [0.2, 0.25) is 0 Å². The number of nitrogens with zero attached hydrogens (tertiary/aromatic N) is 1. The number of benzene rings is 2. The third-order valence-electron chi connectivity index (χ3n) is 4.78. The van der Waals surface area contributed by atoms with Crippen LogP contribution in [0.15, 0.2) is 54.6 Å². The van der Waals surface area contributed by atoms with E-state index >= 15 is 0 Å². The summed E-state index contributed by atoms with van der Waals surface area (Å²) in [6.45, 7) is 3.04. The summed E-state index contributed by atoms with van der Waals surface area (Å²) in [6, 6.07) is 16.4. The van der Waals surface area contributed by atoms with Gasteiger partial charge in [0.2, 0.25) is 15.9 Å². The molecule has 150 valence electrons.